The number of aryl methyl sites for hydroxylation is 1. The van der Waals surface area contributed by atoms with Crippen LogP contribution in [0, 0.1) is 0 Å². The summed E-state index contributed by atoms with van der Waals surface area (Å²) >= 11 is 0. The molecule has 2 N–H and O–H groups in total. The largest absolute Gasteiger partial charge is 0.484 e. The van der Waals surface area contributed by atoms with Crippen LogP contribution in [0.15, 0.2) is 28.8 Å². The Kier molecular flexibility index (Phi) is 4.30. The Hall–Kier alpha value is -1.88. The van der Waals surface area contributed by atoms with Crippen molar-refractivity contribution in [2.75, 3.05) is 0 Å². The quantitative estimate of drug-likeness (QED) is 0.845. The Balaban J connectivity index is 1.93. The van der Waals surface area contributed by atoms with Gasteiger partial charge in [-0.25, -0.2) is 0 Å². The van der Waals surface area contributed by atoms with E-state index in [9.17, 15) is 0 Å². The van der Waals surface area contributed by atoms with Crippen LogP contribution in [-0.4, -0.2) is 10.1 Å². The molecule has 0 saturated heterocycles. The monoisotopic (exact) mass is 247 g/mol. The van der Waals surface area contributed by atoms with Gasteiger partial charge in [-0.1, -0.05) is 24.2 Å². The molecule has 0 atom stereocenters. The molecule has 0 amide bonds. The Morgan fingerprint density at radius 3 is 3.06 bits per heavy atom. The second-order valence-electron chi connectivity index (χ2n) is 3.99. The first-order valence-electron chi connectivity index (χ1n) is 6.05. The Bertz CT molecular complexity index is 496. The number of hydrogen-bond donors (Lipinski definition) is 1. The predicted molar refractivity (Wildman–Crippen MR) is 67.0 cm³/mol. The van der Waals surface area contributed by atoms with Gasteiger partial charge in [-0.15, -0.1) is 0 Å². The molecular formula is C13H17N3O2. The standard InChI is InChI=1S/C13H17N3O2/c1-2-4-12-15-13(18-16-12)9-17-11-6-3-5-10(7-11)8-14/h3,5-7H,2,4,8-9,14H2,1H3. The maximum atomic E-state index is 5.57. The average molecular weight is 247 g/mol. The molecule has 96 valence electrons. The van der Waals surface area contributed by atoms with E-state index in [1.807, 2.05) is 24.3 Å². The van der Waals surface area contributed by atoms with E-state index in [1.165, 1.54) is 0 Å². The van der Waals surface area contributed by atoms with Crippen LogP contribution in [0.2, 0.25) is 0 Å². The molecule has 0 radical (unpaired) electrons. The van der Waals surface area contributed by atoms with Crippen LogP contribution in [0.4, 0.5) is 0 Å². The van der Waals surface area contributed by atoms with E-state index in [0.717, 1.165) is 30.0 Å². The fourth-order valence-corrected chi connectivity index (χ4v) is 1.58. The van der Waals surface area contributed by atoms with Crippen molar-refractivity contribution in [3.05, 3.63) is 41.5 Å². The summed E-state index contributed by atoms with van der Waals surface area (Å²) in [5.41, 5.74) is 6.60. The lowest BCUT2D eigenvalue weighted by Crippen LogP contribution is -1.99. The fourth-order valence-electron chi connectivity index (χ4n) is 1.58. The molecule has 1 aromatic carbocycles. The number of rotatable bonds is 6. The molecule has 5 heteroatoms. The summed E-state index contributed by atoms with van der Waals surface area (Å²) in [6, 6.07) is 7.65. The van der Waals surface area contributed by atoms with Gasteiger partial charge >= 0.3 is 0 Å². The van der Waals surface area contributed by atoms with Crippen LogP contribution in [0.1, 0.15) is 30.6 Å². The lowest BCUT2D eigenvalue weighted by molar-refractivity contribution is 0.242. The minimum Gasteiger partial charge on any atom is -0.484 e. The molecule has 0 saturated carbocycles. The van der Waals surface area contributed by atoms with Crippen molar-refractivity contribution in [3.63, 3.8) is 0 Å². The molecule has 0 aliphatic heterocycles. The Labute approximate surface area is 106 Å². The highest BCUT2D eigenvalue weighted by molar-refractivity contribution is 5.28. The maximum Gasteiger partial charge on any atom is 0.264 e. The third-order valence-corrected chi connectivity index (χ3v) is 2.48. The smallest absolute Gasteiger partial charge is 0.264 e. The molecule has 5 nitrogen and oxygen atoms in total. The van der Waals surface area contributed by atoms with E-state index < -0.39 is 0 Å². The van der Waals surface area contributed by atoms with Crippen molar-refractivity contribution in [1.82, 2.24) is 10.1 Å². The SMILES string of the molecule is CCCc1noc(COc2cccc(CN)c2)n1. The zero-order chi connectivity index (χ0) is 12.8. The molecule has 0 aliphatic rings. The van der Waals surface area contributed by atoms with E-state index in [-0.39, 0.29) is 6.61 Å². The molecular weight excluding hydrogens is 230 g/mol. The van der Waals surface area contributed by atoms with Crippen LogP contribution in [0.5, 0.6) is 5.75 Å². The van der Waals surface area contributed by atoms with Crippen molar-refractivity contribution in [1.29, 1.82) is 0 Å². The molecule has 0 unspecified atom stereocenters. The minimum absolute atomic E-state index is 0.282. The minimum atomic E-state index is 0.282. The summed E-state index contributed by atoms with van der Waals surface area (Å²) in [6.07, 6.45) is 1.82. The molecule has 0 aliphatic carbocycles. The number of benzene rings is 1. The molecule has 2 rings (SSSR count). The maximum absolute atomic E-state index is 5.57. The van der Waals surface area contributed by atoms with Crippen LogP contribution < -0.4 is 10.5 Å². The van der Waals surface area contributed by atoms with Crippen LogP contribution in [0.3, 0.4) is 0 Å². The van der Waals surface area contributed by atoms with Crippen molar-refractivity contribution in [2.45, 2.75) is 32.9 Å². The van der Waals surface area contributed by atoms with E-state index in [0.29, 0.717) is 12.4 Å². The van der Waals surface area contributed by atoms with Gasteiger partial charge in [-0.3, -0.25) is 0 Å². The van der Waals surface area contributed by atoms with Crippen LogP contribution >= 0.6 is 0 Å². The highest BCUT2D eigenvalue weighted by atomic mass is 16.5. The van der Waals surface area contributed by atoms with Gasteiger partial charge < -0.3 is 15.0 Å². The van der Waals surface area contributed by atoms with Gasteiger partial charge in [-0.2, -0.15) is 4.98 Å². The van der Waals surface area contributed by atoms with Gasteiger partial charge in [0.15, 0.2) is 12.4 Å². The second-order valence-corrected chi connectivity index (χ2v) is 3.99. The molecule has 0 bridgehead atoms. The van der Waals surface area contributed by atoms with Gasteiger partial charge in [0.05, 0.1) is 0 Å². The second kappa shape index (κ2) is 6.16. The number of nitrogens with two attached hydrogens (primary N) is 1. The van der Waals surface area contributed by atoms with Crippen LogP contribution in [0.25, 0.3) is 0 Å². The summed E-state index contributed by atoms with van der Waals surface area (Å²) in [7, 11) is 0. The summed E-state index contributed by atoms with van der Waals surface area (Å²) < 4.78 is 10.7. The van der Waals surface area contributed by atoms with Crippen LogP contribution in [-0.2, 0) is 19.6 Å². The third kappa shape index (κ3) is 3.30. The highest BCUT2D eigenvalue weighted by Gasteiger charge is 2.06. The van der Waals surface area contributed by atoms with Gasteiger partial charge in [0.1, 0.15) is 5.75 Å². The fraction of sp³-hybridized carbons (Fsp3) is 0.385. The normalized spacial score (nSPS) is 10.6. The summed E-state index contributed by atoms with van der Waals surface area (Å²) in [5.74, 6) is 1.98. The van der Waals surface area contributed by atoms with Gasteiger partial charge in [0.2, 0.25) is 0 Å². The Morgan fingerprint density at radius 1 is 1.39 bits per heavy atom. The Morgan fingerprint density at radius 2 is 2.28 bits per heavy atom. The first-order valence-corrected chi connectivity index (χ1v) is 6.05. The number of hydrogen-bond acceptors (Lipinski definition) is 5. The molecule has 0 spiro atoms. The zero-order valence-corrected chi connectivity index (χ0v) is 10.4. The van der Waals surface area contributed by atoms with Crippen molar-refractivity contribution in [2.24, 2.45) is 5.73 Å². The van der Waals surface area contributed by atoms with Crippen molar-refractivity contribution in [3.8, 4) is 5.75 Å². The molecule has 0 fully saturated rings. The molecule has 1 heterocycles. The van der Waals surface area contributed by atoms with Crippen molar-refractivity contribution < 1.29 is 9.26 Å². The summed E-state index contributed by atoms with van der Waals surface area (Å²) in [4.78, 5) is 4.23. The van der Waals surface area contributed by atoms with Crippen molar-refractivity contribution >= 4 is 0 Å². The molecule has 1 aromatic heterocycles. The van der Waals surface area contributed by atoms with E-state index >= 15 is 0 Å². The van der Waals surface area contributed by atoms with E-state index in [2.05, 4.69) is 17.1 Å². The summed E-state index contributed by atoms with van der Waals surface area (Å²) in [5, 5.41) is 3.87. The van der Waals surface area contributed by atoms with E-state index in [4.69, 9.17) is 15.0 Å². The van der Waals surface area contributed by atoms with Gasteiger partial charge in [0, 0.05) is 13.0 Å². The van der Waals surface area contributed by atoms with Gasteiger partial charge in [0.25, 0.3) is 5.89 Å². The number of nitrogens with zero attached hydrogens (tertiary/aromatic N) is 2. The third-order valence-electron chi connectivity index (χ3n) is 2.48. The highest BCUT2D eigenvalue weighted by Crippen LogP contribution is 2.14. The van der Waals surface area contributed by atoms with Gasteiger partial charge in [-0.05, 0) is 24.1 Å². The van der Waals surface area contributed by atoms with E-state index in [1.54, 1.807) is 0 Å². The topological polar surface area (TPSA) is 74.2 Å². The molecule has 18 heavy (non-hydrogen) atoms. The first-order chi connectivity index (χ1) is 8.81. The zero-order valence-electron chi connectivity index (χ0n) is 10.4. The summed E-state index contributed by atoms with van der Waals surface area (Å²) in [6.45, 7) is 2.86. The number of aromatic nitrogens is 2. The number of ether oxygens (including phenoxy) is 1. The lowest BCUT2D eigenvalue weighted by atomic mass is 10.2. The lowest BCUT2D eigenvalue weighted by Gasteiger charge is -2.04. The average Bonchev–Trinajstić information content (AvgIpc) is 2.85. The first kappa shape index (κ1) is 12.6. The molecule has 2 aromatic rings. The predicted octanol–water partition coefficient (Wildman–Crippen LogP) is 2.06.